The molecular weight excluding hydrogens is 266 g/mol. The summed E-state index contributed by atoms with van der Waals surface area (Å²) in [6.45, 7) is 6.95. The van der Waals surface area contributed by atoms with E-state index in [1.165, 1.54) is 18.4 Å². The van der Waals surface area contributed by atoms with Gasteiger partial charge in [0.15, 0.2) is 0 Å². The average molecular weight is 290 g/mol. The van der Waals surface area contributed by atoms with Crippen LogP contribution in [0.2, 0.25) is 5.02 Å². The van der Waals surface area contributed by atoms with E-state index in [9.17, 15) is 5.26 Å². The van der Waals surface area contributed by atoms with E-state index in [4.69, 9.17) is 11.6 Å². The molecule has 1 saturated carbocycles. The van der Waals surface area contributed by atoms with E-state index in [1.54, 1.807) is 0 Å². The summed E-state index contributed by atoms with van der Waals surface area (Å²) in [4.78, 5) is 0. The van der Waals surface area contributed by atoms with Crippen LogP contribution in [-0.4, -0.2) is 0 Å². The van der Waals surface area contributed by atoms with E-state index in [2.05, 4.69) is 39.0 Å². The van der Waals surface area contributed by atoms with E-state index in [0.717, 1.165) is 30.2 Å². The van der Waals surface area contributed by atoms with Gasteiger partial charge in [-0.05, 0) is 61.1 Å². The summed E-state index contributed by atoms with van der Waals surface area (Å²) in [6, 6.07) is 10.6. The molecular formula is C18H24ClN. The quantitative estimate of drug-likeness (QED) is 0.692. The highest BCUT2D eigenvalue weighted by atomic mass is 35.5. The first-order valence-electron chi connectivity index (χ1n) is 7.50. The molecule has 0 aromatic heterocycles. The molecule has 1 aliphatic rings. The lowest BCUT2D eigenvalue weighted by molar-refractivity contribution is 0.120. The fraction of sp³-hybridized carbons (Fsp3) is 0.611. The summed E-state index contributed by atoms with van der Waals surface area (Å²) < 4.78 is 0. The van der Waals surface area contributed by atoms with Gasteiger partial charge < -0.3 is 0 Å². The third kappa shape index (κ3) is 3.55. The lowest BCUT2D eigenvalue weighted by Crippen LogP contribution is -2.33. The van der Waals surface area contributed by atoms with Gasteiger partial charge in [0.2, 0.25) is 0 Å². The molecule has 0 bridgehead atoms. The third-order valence-corrected chi connectivity index (χ3v) is 5.11. The monoisotopic (exact) mass is 289 g/mol. The van der Waals surface area contributed by atoms with Crippen LogP contribution in [0, 0.1) is 28.1 Å². The largest absolute Gasteiger partial charge is 0.198 e. The molecule has 0 spiro atoms. The van der Waals surface area contributed by atoms with Crippen molar-refractivity contribution in [2.75, 3.05) is 0 Å². The van der Waals surface area contributed by atoms with Crippen LogP contribution in [-0.2, 0) is 6.42 Å². The van der Waals surface area contributed by atoms with Gasteiger partial charge in [0.25, 0.3) is 0 Å². The molecule has 108 valence electrons. The maximum Gasteiger partial charge on any atom is 0.0693 e. The minimum atomic E-state index is -0.171. The molecule has 2 rings (SSSR count). The maximum atomic E-state index is 9.67. The summed E-state index contributed by atoms with van der Waals surface area (Å²) >= 11 is 5.93. The van der Waals surface area contributed by atoms with Crippen molar-refractivity contribution in [2.45, 2.75) is 52.9 Å². The Bertz CT molecular complexity index is 482. The first-order chi connectivity index (χ1) is 9.35. The predicted octanol–water partition coefficient (Wildman–Crippen LogP) is 5.63. The molecule has 0 N–H and O–H groups in total. The molecule has 0 heterocycles. The van der Waals surface area contributed by atoms with Gasteiger partial charge in [-0.3, -0.25) is 0 Å². The van der Waals surface area contributed by atoms with Crippen LogP contribution < -0.4 is 0 Å². The standard InChI is InChI=1S/C18H24ClN/c1-17(2,3)15-8-10-18(13-20,11-9-15)12-14-4-6-16(19)7-5-14/h4-7,15H,8-12H2,1-3H3. The third-order valence-electron chi connectivity index (χ3n) is 4.86. The molecule has 0 radical (unpaired) electrons. The summed E-state index contributed by atoms with van der Waals surface area (Å²) in [5, 5.41) is 10.4. The second-order valence-electron chi connectivity index (χ2n) is 7.34. The van der Waals surface area contributed by atoms with Gasteiger partial charge in [-0.2, -0.15) is 5.26 Å². The molecule has 1 nitrogen and oxygen atoms in total. The van der Waals surface area contributed by atoms with E-state index < -0.39 is 0 Å². The van der Waals surface area contributed by atoms with Crippen molar-refractivity contribution in [1.29, 1.82) is 5.26 Å². The van der Waals surface area contributed by atoms with Crippen LogP contribution in [0.4, 0.5) is 0 Å². The molecule has 0 aliphatic heterocycles. The summed E-state index contributed by atoms with van der Waals surface area (Å²) in [5.41, 5.74) is 1.42. The van der Waals surface area contributed by atoms with E-state index >= 15 is 0 Å². The molecule has 2 heteroatoms. The highest BCUT2D eigenvalue weighted by molar-refractivity contribution is 6.30. The van der Waals surface area contributed by atoms with Crippen molar-refractivity contribution < 1.29 is 0 Å². The fourth-order valence-corrected chi connectivity index (χ4v) is 3.48. The minimum absolute atomic E-state index is 0.171. The molecule has 1 aromatic carbocycles. The number of benzene rings is 1. The Morgan fingerprint density at radius 2 is 1.75 bits per heavy atom. The molecule has 0 saturated heterocycles. The molecule has 20 heavy (non-hydrogen) atoms. The lowest BCUT2D eigenvalue weighted by atomic mass is 9.63. The van der Waals surface area contributed by atoms with Crippen LogP contribution in [0.1, 0.15) is 52.0 Å². The smallest absolute Gasteiger partial charge is 0.0693 e. The zero-order valence-corrected chi connectivity index (χ0v) is 13.5. The molecule has 1 fully saturated rings. The van der Waals surface area contributed by atoms with Crippen LogP contribution in [0.5, 0.6) is 0 Å². The van der Waals surface area contributed by atoms with Crippen molar-refractivity contribution in [1.82, 2.24) is 0 Å². The van der Waals surface area contributed by atoms with Crippen molar-refractivity contribution in [3.8, 4) is 6.07 Å². The Hall–Kier alpha value is -1.00. The number of nitrogens with zero attached hydrogens (tertiary/aromatic N) is 1. The van der Waals surface area contributed by atoms with Gasteiger partial charge in [0.1, 0.15) is 0 Å². The molecule has 1 aliphatic carbocycles. The van der Waals surface area contributed by atoms with Gasteiger partial charge in [-0.1, -0.05) is 44.5 Å². The van der Waals surface area contributed by atoms with Crippen molar-refractivity contribution in [3.05, 3.63) is 34.9 Å². The van der Waals surface area contributed by atoms with Crippen LogP contribution in [0.25, 0.3) is 0 Å². The van der Waals surface area contributed by atoms with E-state index in [-0.39, 0.29) is 5.41 Å². The summed E-state index contributed by atoms with van der Waals surface area (Å²) in [6.07, 6.45) is 5.24. The van der Waals surface area contributed by atoms with E-state index in [0.29, 0.717) is 5.41 Å². The van der Waals surface area contributed by atoms with E-state index in [1.807, 2.05) is 12.1 Å². The highest BCUT2D eigenvalue weighted by Gasteiger charge is 2.38. The van der Waals surface area contributed by atoms with Gasteiger partial charge in [0, 0.05) is 5.02 Å². The van der Waals surface area contributed by atoms with Crippen LogP contribution in [0.3, 0.4) is 0 Å². The number of halogens is 1. The fourth-order valence-electron chi connectivity index (χ4n) is 3.36. The van der Waals surface area contributed by atoms with Gasteiger partial charge in [-0.25, -0.2) is 0 Å². The molecule has 1 aromatic rings. The first kappa shape index (κ1) is 15.4. The van der Waals surface area contributed by atoms with Crippen molar-refractivity contribution in [2.24, 2.45) is 16.7 Å². The minimum Gasteiger partial charge on any atom is -0.198 e. The number of nitriles is 1. The number of hydrogen-bond acceptors (Lipinski definition) is 1. The van der Waals surface area contributed by atoms with Crippen molar-refractivity contribution >= 4 is 11.6 Å². The molecule has 0 atom stereocenters. The summed E-state index contributed by atoms with van der Waals surface area (Å²) in [7, 11) is 0. The Kier molecular flexibility index (Phi) is 4.45. The lowest BCUT2D eigenvalue weighted by Gasteiger charge is -2.40. The normalized spacial score (nSPS) is 27.1. The Morgan fingerprint density at radius 1 is 1.20 bits per heavy atom. The highest BCUT2D eigenvalue weighted by Crippen LogP contribution is 2.46. The van der Waals surface area contributed by atoms with Gasteiger partial charge in [-0.15, -0.1) is 0 Å². The first-order valence-corrected chi connectivity index (χ1v) is 7.88. The second kappa shape index (κ2) is 5.78. The predicted molar refractivity (Wildman–Crippen MR) is 84.6 cm³/mol. The Labute approximate surface area is 128 Å². The SMILES string of the molecule is CC(C)(C)C1CCC(C#N)(Cc2ccc(Cl)cc2)CC1. The van der Waals surface area contributed by atoms with Gasteiger partial charge in [0.05, 0.1) is 11.5 Å². The maximum absolute atomic E-state index is 9.67. The Morgan fingerprint density at radius 3 is 2.20 bits per heavy atom. The van der Waals surface area contributed by atoms with Crippen LogP contribution in [0.15, 0.2) is 24.3 Å². The number of rotatable bonds is 2. The summed E-state index contributed by atoms with van der Waals surface area (Å²) in [5.74, 6) is 0.745. The topological polar surface area (TPSA) is 23.8 Å². The van der Waals surface area contributed by atoms with Crippen LogP contribution >= 0.6 is 11.6 Å². The second-order valence-corrected chi connectivity index (χ2v) is 7.77. The average Bonchev–Trinajstić information content (AvgIpc) is 2.41. The molecule has 0 amide bonds. The zero-order valence-electron chi connectivity index (χ0n) is 12.7. The Balaban J connectivity index is 2.06. The zero-order chi connectivity index (χ0) is 14.8. The van der Waals surface area contributed by atoms with Gasteiger partial charge >= 0.3 is 0 Å². The number of hydrogen-bond donors (Lipinski definition) is 0. The van der Waals surface area contributed by atoms with Crippen molar-refractivity contribution in [3.63, 3.8) is 0 Å². The molecule has 0 unspecified atom stereocenters.